The van der Waals surface area contributed by atoms with Crippen molar-refractivity contribution in [3.63, 3.8) is 0 Å². The third-order valence-electron chi connectivity index (χ3n) is 3.19. The van der Waals surface area contributed by atoms with Crippen LogP contribution in [0.15, 0.2) is 24.0 Å². The Balaban J connectivity index is 1.98. The lowest BCUT2D eigenvalue weighted by atomic mass is 9.94. The van der Waals surface area contributed by atoms with Gasteiger partial charge in [-0.25, -0.2) is 0 Å². The van der Waals surface area contributed by atoms with E-state index in [9.17, 15) is 10.1 Å². The first-order valence-corrected chi connectivity index (χ1v) is 5.55. The molecule has 0 bridgehead atoms. The second-order valence-corrected chi connectivity index (χ2v) is 4.22. The van der Waals surface area contributed by atoms with Gasteiger partial charge in [0, 0.05) is 18.3 Å². The van der Waals surface area contributed by atoms with Gasteiger partial charge in [0.1, 0.15) is 6.54 Å². The number of hydrogen-bond donors (Lipinski definition) is 0. The zero-order valence-electron chi connectivity index (χ0n) is 8.76. The Morgan fingerprint density at radius 2 is 2.07 bits per heavy atom. The topological polar surface area (TPSA) is 46.4 Å². The minimum absolute atomic E-state index is 0.278. The molecule has 82 valence electrons. The Kier molecular flexibility index (Phi) is 3.04. The van der Waals surface area contributed by atoms with Crippen molar-refractivity contribution in [1.29, 1.82) is 0 Å². The zero-order chi connectivity index (χ0) is 10.7. The molecule has 4 heteroatoms. The van der Waals surface area contributed by atoms with Crippen molar-refractivity contribution in [1.82, 2.24) is 4.90 Å². The molecule has 0 amide bonds. The third-order valence-corrected chi connectivity index (χ3v) is 3.19. The molecule has 0 aromatic heterocycles. The monoisotopic (exact) mass is 208 g/mol. The molecule has 0 aromatic carbocycles. The van der Waals surface area contributed by atoms with Gasteiger partial charge in [0.2, 0.25) is 0 Å². The van der Waals surface area contributed by atoms with Crippen molar-refractivity contribution in [3.05, 3.63) is 34.2 Å². The summed E-state index contributed by atoms with van der Waals surface area (Å²) in [4.78, 5) is 12.5. The smallest absolute Gasteiger partial charge is 0.265 e. The fourth-order valence-corrected chi connectivity index (χ4v) is 2.34. The van der Waals surface area contributed by atoms with Crippen LogP contribution in [0.5, 0.6) is 0 Å². The third kappa shape index (κ3) is 2.37. The Morgan fingerprint density at radius 1 is 1.33 bits per heavy atom. The fraction of sp³-hybridized carbons (Fsp3) is 0.636. The second kappa shape index (κ2) is 4.47. The largest absolute Gasteiger partial charge is 0.364 e. The van der Waals surface area contributed by atoms with Crippen molar-refractivity contribution >= 4 is 0 Å². The quantitative estimate of drug-likeness (QED) is 0.516. The molecule has 15 heavy (non-hydrogen) atoms. The molecule has 1 aliphatic carbocycles. The number of nitro groups is 1. The van der Waals surface area contributed by atoms with Crippen LogP contribution in [-0.4, -0.2) is 22.4 Å². The molecule has 0 spiro atoms. The molecule has 0 radical (unpaired) electrons. The molecule has 1 fully saturated rings. The SMILES string of the molecule is O=[N+]([O-])C1=CC=CN(C2CCCCC2)C1. The van der Waals surface area contributed by atoms with E-state index in [1.807, 2.05) is 6.20 Å². The summed E-state index contributed by atoms with van der Waals surface area (Å²) in [6, 6.07) is 0.513. The van der Waals surface area contributed by atoms with Gasteiger partial charge < -0.3 is 4.90 Å². The highest BCUT2D eigenvalue weighted by Gasteiger charge is 2.24. The molecule has 0 unspecified atom stereocenters. The highest BCUT2D eigenvalue weighted by molar-refractivity contribution is 5.14. The van der Waals surface area contributed by atoms with Gasteiger partial charge in [-0.3, -0.25) is 10.1 Å². The van der Waals surface area contributed by atoms with E-state index < -0.39 is 0 Å². The summed E-state index contributed by atoms with van der Waals surface area (Å²) in [5.41, 5.74) is 0.308. The molecule has 0 atom stereocenters. The minimum Gasteiger partial charge on any atom is -0.364 e. The first-order chi connectivity index (χ1) is 7.27. The number of allylic oxidation sites excluding steroid dienone is 2. The molecule has 2 rings (SSSR count). The van der Waals surface area contributed by atoms with Gasteiger partial charge >= 0.3 is 0 Å². The maximum atomic E-state index is 10.7. The molecule has 1 saturated carbocycles. The number of rotatable bonds is 2. The number of nitrogens with zero attached hydrogens (tertiary/aromatic N) is 2. The average molecular weight is 208 g/mol. The zero-order valence-corrected chi connectivity index (χ0v) is 8.76. The van der Waals surface area contributed by atoms with E-state index >= 15 is 0 Å². The molecule has 0 N–H and O–H groups in total. The molecular weight excluding hydrogens is 192 g/mol. The summed E-state index contributed by atoms with van der Waals surface area (Å²) in [5.74, 6) is 0. The van der Waals surface area contributed by atoms with Crippen LogP contribution < -0.4 is 0 Å². The van der Waals surface area contributed by atoms with E-state index in [-0.39, 0.29) is 4.92 Å². The minimum atomic E-state index is -0.278. The van der Waals surface area contributed by atoms with Crippen LogP contribution in [-0.2, 0) is 0 Å². The van der Waals surface area contributed by atoms with Gasteiger partial charge in [0.05, 0.1) is 4.92 Å². The summed E-state index contributed by atoms with van der Waals surface area (Å²) in [6.45, 7) is 0.466. The van der Waals surface area contributed by atoms with E-state index in [4.69, 9.17) is 0 Å². The molecule has 4 nitrogen and oxygen atoms in total. The van der Waals surface area contributed by atoms with Crippen LogP contribution in [0.3, 0.4) is 0 Å². The van der Waals surface area contributed by atoms with E-state index in [2.05, 4.69) is 4.90 Å². The molecule has 0 saturated heterocycles. The van der Waals surface area contributed by atoms with Gasteiger partial charge in [-0.05, 0) is 18.9 Å². The maximum Gasteiger partial charge on any atom is 0.265 e. The lowest BCUT2D eigenvalue weighted by molar-refractivity contribution is -0.428. The molecule has 1 heterocycles. The highest BCUT2D eigenvalue weighted by atomic mass is 16.6. The second-order valence-electron chi connectivity index (χ2n) is 4.22. The summed E-state index contributed by atoms with van der Waals surface area (Å²) < 4.78 is 0. The van der Waals surface area contributed by atoms with Crippen molar-refractivity contribution in [2.24, 2.45) is 0 Å². The van der Waals surface area contributed by atoms with Crippen molar-refractivity contribution < 1.29 is 4.92 Å². The summed E-state index contributed by atoms with van der Waals surface area (Å²) in [7, 11) is 0. The predicted octanol–water partition coefficient (Wildman–Crippen LogP) is 2.31. The molecule has 2 aliphatic rings. The Hall–Kier alpha value is -1.32. The van der Waals surface area contributed by atoms with Crippen molar-refractivity contribution in [2.75, 3.05) is 6.54 Å². The lowest BCUT2D eigenvalue weighted by Crippen LogP contribution is -2.36. The number of hydrogen-bond acceptors (Lipinski definition) is 3. The van der Waals surface area contributed by atoms with E-state index in [0.717, 1.165) is 0 Å². The van der Waals surface area contributed by atoms with Gasteiger partial charge in [-0.1, -0.05) is 19.3 Å². The Labute approximate surface area is 89.4 Å². The van der Waals surface area contributed by atoms with Gasteiger partial charge in [0.25, 0.3) is 5.70 Å². The van der Waals surface area contributed by atoms with E-state index in [1.54, 1.807) is 12.2 Å². The van der Waals surface area contributed by atoms with Crippen LogP contribution >= 0.6 is 0 Å². The first-order valence-electron chi connectivity index (χ1n) is 5.55. The Bertz CT molecular complexity index is 304. The summed E-state index contributed by atoms with van der Waals surface area (Å²) >= 11 is 0. The van der Waals surface area contributed by atoms with Gasteiger partial charge in [-0.2, -0.15) is 0 Å². The Morgan fingerprint density at radius 3 is 2.73 bits per heavy atom. The standard InChI is InChI=1S/C11H16N2O2/c14-13(15)11-7-4-8-12(9-11)10-5-2-1-3-6-10/h4,7-8,10H,1-3,5-6,9H2. The van der Waals surface area contributed by atoms with Crippen LogP contribution in [0, 0.1) is 10.1 Å². The van der Waals surface area contributed by atoms with Gasteiger partial charge in [0.15, 0.2) is 0 Å². The highest BCUT2D eigenvalue weighted by Crippen LogP contribution is 2.24. The maximum absolute atomic E-state index is 10.7. The van der Waals surface area contributed by atoms with E-state index in [0.29, 0.717) is 18.3 Å². The lowest BCUT2D eigenvalue weighted by Gasteiger charge is -2.33. The first kappa shape index (κ1) is 10.2. The molecular formula is C11H16N2O2. The van der Waals surface area contributed by atoms with Crippen LogP contribution in [0.2, 0.25) is 0 Å². The van der Waals surface area contributed by atoms with Gasteiger partial charge in [-0.15, -0.1) is 0 Å². The van der Waals surface area contributed by atoms with Crippen LogP contribution in [0.4, 0.5) is 0 Å². The van der Waals surface area contributed by atoms with Crippen LogP contribution in [0.25, 0.3) is 0 Å². The predicted molar refractivity (Wildman–Crippen MR) is 57.8 cm³/mol. The fourth-order valence-electron chi connectivity index (χ4n) is 2.34. The average Bonchev–Trinajstić information content (AvgIpc) is 2.30. The van der Waals surface area contributed by atoms with Crippen molar-refractivity contribution in [3.8, 4) is 0 Å². The molecule has 1 aliphatic heterocycles. The summed E-state index contributed by atoms with van der Waals surface area (Å²) in [6.07, 6.45) is 11.5. The normalized spacial score (nSPS) is 22.7. The van der Waals surface area contributed by atoms with Crippen LogP contribution in [0.1, 0.15) is 32.1 Å². The van der Waals surface area contributed by atoms with E-state index in [1.165, 1.54) is 32.1 Å². The van der Waals surface area contributed by atoms with Crippen molar-refractivity contribution in [2.45, 2.75) is 38.1 Å². The molecule has 0 aromatic rings. The summed E-state index contributed by atoms with van der Waals surface area (Å²) in [5, 5.41) is 10.7.